The molecule has 0 saturated heterocycles. The Balaban J connectivity index is 1.86. The summed E-state index contributed by atoms with van der Waals surface area (Å²) >= 11 is 1.49. The summed E-state index contributed by atoms with van der Waals surface area (Å²) in [7, 11) is -2.06. The van der Waals surface area contributed by atoms with Crippen LogP contribution >= 0.6 is 11.3 Å². The van der Waals surface area contributed by atoms with Crippen LogP contribution in [-0.4, -0.2) is 20.5 Å². The van der Waals surface area contributed by atoms with Crippen molar-refractivity contribution in [3.8, 4) is 5.75 Å². The Bertz CT molecular complexity index is 918. The number of thiazole rings is 1. The average Bonchev–Trinajstić information content (AvgIpc) is 2.88. The van der Waals surface area contributed by atoms with Gasteiger partial charge in [-0.3, -0.25) is 0 Å². The Hall–Kier alpha value is -2.16. The average molecular weight is 335 g/mol. The van der Waals surface area contributed by atoms with Crippen LogP contribution in [0.15, 0.2) is 47.4 Å². The number of nitrogens with one attached hydrogen (secondary N) is 1. The minimum Gasteiger partial charge on any atom is -0.497 e. The standard InChI is InChI=1S/C14H13N3O3S2/c1-20-10-4-7-12-13(8-10)21-14(17-12)16-9-2-5-11(6-3-9)22(15,18)19/h2-8H,1H3,(H,16,17)(H2,15,18,19). The van der Waals surface area contributed by atoms with Crippen molar-refractivity contribution in [2.45, 2.75) is 4.90 Å². The summed E-state index contributed by atoms with van der Waals surface area (Å²) in [6.07, 6.45) is 0. The second-order valence-electron chi connectivity index (χ2n) is 4.55. The molecular weight excluding hydrogens is 322 g/mol. The third kappa shape index (κ3) is 3.03. The zero-order valence-electron chi connectivity index (χ0n) is 11.6. The SMILES string of the molecule is COc1ccc2nc(Nc3ccc(S(N)(=O)=O)cc3)sc2c1. The maximum Gasteiger partial charge on any atom is 0.238 e. The first-order valence-electron chi connectivity index (χ1n) is 6.30. The van der Waals surface area contributed by atoms with E-state index in [0.29, 0.717) is 5.13 Å². The molecule has 0 aliphatic heterocycles. The van der Waals surface area contributed by atoms with Gasteiger partial charge in [0.15, 0.2) is 5.13 Å². The number of rotatable bonds is 4. The van der Waals surface area contributed by atoms with Gasteiger partial charge in [0.05, 0.1) is 22.2 Å². The van der Waals surface area contributed by atoms with Crippen LogP contribution in [0.3, 0.4) is 0 Å². The first kappa shape index (κ1) is 14.8. The molecule has 0 aliphatic carbocycles. The van der Waals surface area contributed by atoms with E-state index in [1.807, 2.05) is 18.2 Å². The minimum absolute atomic E-state index is 0.0760. The Labute approximate surface area is 131 Å². The molecule has 1 heterocycles. The normalized spacial score (nSPS) is 11.5. The van der Waals surface area contributed by atoms with Crippen molar-refractivity contribution < 1.29 is 13.2 Å². The first-order chi connectivity index (χ1) is 10.5. The van der Waals surface area contributed by atoms with Gasteiger partial charge < -0.3 is 10.1 Å². The maximum atomic E-state index is 11.2. The Kier molecular flexibility index (Phi) is 3.73. The number of benzene rings is 2. The van der Waals surface area contributed by atoms with Crippen LogP contribution in [0.25, 0.3) is 10.2 Å². The van der Waals surface area contributed by atoms with E-state index in [4.69, 9.17) is 9.88 Å². The number of methoxy groups -OCH3 is 1. The lowest BCUT2D eigenvalue weighted by Gasteiger charge is -2.03. The van der Waals surface area contributed by atoms with Crippen LogP contribution in [0.5, 0.6) is 5.75 Å². The number of fused-ring (bicyclic) bond motifs is 1. The van der Waals surface area contributed by atoms with E-state index in [9.17, 15) is 8.42 Å². The number of aromatic nitrogens is 1. The number of hydrogen-bond acceptors (Lipinski definition) is 6. The van der Waals surface area contributed by atoms with Gasteiger partial charge in [0.2, 0.25) is 10.0 Å². The summed E-state index contributed by atoms with van der Waals surface area (Å²) in [4.78, 5) is 4.54. The molecule has 0 aliphatic rings. The molecule has 8 heteroatoms. The van der Waals surface area contributed by atoms with E-state index in [1.165, 1.54) is 23.5 Å². The number of nitrogens with two attached hydrogens (primary N) is 1. The lowest BCUT2D eigenvalue weighted by molar-refractivity contribution is 0.415. The van der Waals surface area contributed by atoms with Crippen LogP contribution in [0.4, 0.5) is 10.8 Å². The van der Waals surface area contributed by atoms with E-state index < -0.39 is 10.0 Å². The molecule has 114 valence electrons. The summed E-state index contributed by atoms with van der Waals surface area (Å²) < 4.78 is 28.6. The number of primary sulfonamides is 1. The largest absolute Gasteiger partial charge is 0.497 e. The van der Waals surface area contributed by atoms with E-state index >= 15 is 0 Å². The van der Waals surface area contributed by atoms with Gasteiger partial charge in [0, 0.05) is 5.69 Å². The molecule has 3 rings (SSSR count). The molecule has 3 N–H and O–H groups in total. The zero-order chi connectivity index (χ0) is 15.7. The fourth-order valence-corrected chi connectivity index (χ4v) is 3.37. The summed E-state index contributed by atoms with van der Waals surface area (Å²) in [5, 5.41) is 8.92. The summed E-state index contributed by atoms with van der Waals surface area (Å²) in [6, 6.07) is 11.9. The Morgan fingerprint density at radius 3 is 2.55 bits per heavy atom. The fourth-order valence-electron chi connectivity index (χ4n) is 1.94. The van der Waals surface area contributed by atoms with E-state index in [-0.39, 0.29) is 4.90 Å². The molecule has 0 spiro atoms. The van der Waals surface area contributed by atoms with E-state index in [0.717, 1.165) is 21.7 Å². The van der Waals surface area contributed by atoms with Gasteiger partial charge in [-0.2, -0.15) is 0 Å². The molecule has 1 aromatic heterocycles. The van der Waals surface area contributed by atoms with Crippen LogP contribution in [-0.2, 0) is 10.0 Å². The van der Waals surface area contributed by atoms with Crippen molar-refractivity contribution in [2.24, 2.45) is 5.14 Å². The maximum absolute atomic E-state index is 11.2. The van der Waals surface area contributed by atoms with E-state index in [1.54, 1.807) is 19.2 Å². The molecule has 3 aromatic rings. The minimum atomic E-state index is -3.68. The van der Waals surface area contributed by atoms with Crippen LogP contribution in [0.2, 0.25) is 0 Å². The number of sulfonamides is 1. The van der Waals surface area contributed by atoms with Gasteiger partial charge in [-0.05, 0) is 42.5 Å². The first-order valence-corrected chi connectivity index (χ1v) is 8.66. The lowest BCUT2D eigenvalue weighted by atomic mass is 10.3. The highest BCUT2D eigenvalue weighted by atomic mass is 32.2. The number of nitrogens with zero attached hydrogens (tertiary/aromatic N) is 1. The highest BCUT2D eigenvalue weighted by Crippen LogP contribution is 2.31. The number of hydrogen-bond donors (Lipinski definition) is 2. The molecule has 0 bridgehead atoms. The van der Waals surface area contributed by atoms with Crippen molar-refractivity contribution >= 4 is 42.4 Å². The predicted octanol–water partition coefficient (Wildman–Crippen LogP) is 2.70. The van der Waals surface area contributed by atoms with Crippen molar-refractivity contribution in [3.05, 3.63) is 42.5 Å². The van der Waals surface area contributed by atoms with Gasteiger partial charge in [-0.1, -0.05) is 11.3 Å². The molecule has 0 saturated carbocycles. The Morgan fingerprint density at radius 1 is 1.18 bits per heavy atom. The highest BCUT2D eigenvalue weighted by molar-refractivity contribution is 7.89. The monoisotopic (exact) mass is 335 g/mol. The predicted molar refractivity (Wildman–Crippen MR) is 87.3 cm³/mol. The third-order valence-corrected chi connectivity index (χ3v) is 4.89. The molecule has 0 unspecified atom stereocenters. The molecule has 22 heavy (non-hydrogen) atoms. The molecule has 0 amide bonds. The molecule has 0 fully saturated rings. The Morgan fingerprint density at radius 2 is 1.91 bits per heavy atom. The molecule has 2 aromatic carbocycles. The topological polar surface area (TPSA) is 94.3 Å². The lowest BCUT2D eigenvalue weighted by Crippen LogP contribution is -2.11. The highest BCUT2D eigenvalue weighted by Gasteiger charge is 2.08. The zero-order valence-corrected chi connectivity index (χ0v) is 13.2. The van der Waals surface area contributed by atoms with Crippen molar-refractivity contribution in [3.63, 3.8) is 0 Å². The van der Waals surface area contributed by atoms with Crippen LogP contribution in [0.1, 0.15) is 0 Å². The number of anilines is 2. The van der Waals surface area contributed by atoms with E-state index in [2.05, 4.69) is 10.3 Å². The van der Waals surface area contributed by atoms with Crippen molar-refractivity contribution in [1.82, 2.24) is 4.98 Å². The smallest absolute Gasteiger partial charge is 0.238 e. The van der Waals surface area contributed by atoms with Gasteiger partial charge in [-0.15, -0.1) is 0 Å². The van der Waals surface area contributed by atoms with Gasteiger partial charge in [0.1, 0.15) is 5.75 Å². The third-order valence-electron chi connectivity index (χ3n) is 3.03. The van der Waals surface area contributed by atoms with Crippen LogP contribution < -0.4 is 15.2 Å². The fraction of sp³-hybridized carbons (Fsp3) is 0.0714. The van der Waals surface area contributed by atoms with Crippen molar-refractivity contribution in [2.75, 3.05) is 12.4 Å². The molecule has 0 radical (unpaired) electrons. The van der Waals surface area contributed by atoms with Crippen LogP contribution in [0, 0.1) is 0 Å². The summed E-state index contributed by atoms with van der Waals surface area (Å²) in [5.41, 5.74) is 1.60. The number of ether oxygens (including phenoxy) is 1. The second kappa shape index (κ2) is 5.56. The van der Waals surface area contributed by atoms with Gasteiger partial charge in [0.25, 0.3) is 0 Å². The van der Waals surface area contributed by atoms with Crippen molar-refractivity contribution in [1.29, 1.82) is 0 Å². The molecule has 0 atom stereocenters. The van der Waals surface area contributed by atoms with Gasteiger partial charge in [-0.25, -0.2) is 18.5 Å². The summed E-state index contributed by atoms with van der Waals surface area (Å²) in [5.74, 6) is 0.778. The van der Waals surface area contributed by atoms with Gasteiger partial charge >= 0.3 is 0 Å². The molecular formula is C14H13N3O3S2. The molecule has 6 nitrogen and oxygen atoms in total. The summed E-state index contributed by atoms with van der Waals surface area (Å²) in [6.45, 7) is 0. The quantitative estimate of drug-likeness (QED) is 0.764. The second-order valence-corrected chi connectivity index (χ2v) is 7.14.